The summed E-state index contributed by atoms with van der Waals surface area (Å²) in [6.45, 7) is 0. The molecule has 7 nitrogen and oxygen atoms in total. The molecule has 1 aromatic carbocycles. The number of benzene rings is 1. The third kappa shape index (κ3) is 2.96. The van der Waals surface area contributed by atoms with E-state index in [-0.39, 0.29) is 29.6 Å². The lowest BCUT2D eigenvalue weighted by atomic mass is 10.1. The standard InChI is InChI=1S/C15H11FN2O5/c16-7-1-3-11-8(5-7)10(19)6-12(23-11)15(22)17-9-2-4-13(20)18-14(9)21/h1,3,5-6,9H,2,4H2,(H,17,22)(H,18,20,21). The first kappa shape index (κ1) is 14.9. The molecule has 2 aromatic rings. The van der Waals surface area contributed by atoms with Crippen LogP contribution in [0.4, 0.5) is 4.39 Å². The maximum Gasteiger partial charge on any atom is 0.287 e. The quantitative estimate of drug-likeness (QED) is 0.783. The van der Waals surface area contributed by atoms with Crippen molar-refractivity contribution in [2.24, 2.45) is 0 Å². The van der Waals surface area contributed by atoms with Gasteiger partial charge < -0.3 is 9.73 Å². The zero-order valence-corrected chi connectivity index (χ0v) is 11.7. The molecule has 1 unspecified atom stereocenters. The smallest absolute Gasteiger partial charge is 0.287 e. The summed E-state index contributed by atoms with van der Waals surface area (Å²) in [5, 5.41) is 4.52. The van der Waals surface area contributed by atoms with Crippen molar-refractivity contribution in [2.45, 2.75) is 18.9 Å². The van der Waals surface area contributed by atoms with Crippen LogP contribution >= 0.6 is 0 Å². The Balaban J connectivity index is 1.87. The van der Waals surface area contributed by atoms with Gasteiger partial charge in [-0.2, -0.15) is 0 Å². The molecule has 3 rings (SSSR count). The van der Waals surface area contributed by atoms with Gasteiger partial charge in [0, 0.05) is 12.5 Å². The molecule has 1 aliphatic rings. The normalized spacial score (nSPS) is 17.9. The van der Waals surface area contributed by atoms with Gasteiger partial charge >= 0.3 is 0 Å². The first-order chi connectivity index (χ1) is 10.9. The number of rotatable bonds is 2. The van der Waals surface area contributed by atoms with Crippen molar-refractivity contribution in [3.05, 3.63) is 46.1 Å². The van der Waals surface area contributed by atoms with Crippen LogP contribution in [0, 0.1) is 5.82 Å². The lowest BCUT2D eigenvalue weighted by molar-refractivity contribution is -0.134. The van der Waals surface area contributed by atoms with Crippen LogP contribution in [0.25, 0.3) is 11.0 Å². The van der Waals surface area contributed by atoms with Gasteiger partial charge in [-0.25, -0.2) is 4.39 Å². The Bertz CT molecular complexity index is 889. The maximum atomic E-state index is 13.1. The lowest BCUT2D eigenvalue weighted by Gasteiger charge is -2.21. The van der Waals surface area contributed by atoms with Crippen LogP contribution in [-0.2, 0) is 9.59 Å². The third-order valence-electron chi connectivity index (χ3n) is 3.46. The minimum absolute atomic E-state index is 0.0163. The van der Waals surface area contributed by atoms with Crippen molar-refractivity contribution < 1.29 is 23.2 Å². The van der Waals surface area contributed by atoms with E-state index in [1.54, 1.807) is 0 Å². The third-order valence-corrected chi connectivity index (χ3v) is 3.46. The molecule has 23 heavy (non-hydrogen) atoms. The number of carbonyl (C=O) groups excluding carboxylic acids is 3. The molecule has 1 fully saturated rings. The van der Waals surface area contributed by atoms with Gasteiger partial charge in [0.25, 0.3) is 5.91 Å². The average molecular weight is 318 g/mol. The molecule has 0 bridgehead atoms. The van der Waals surface area contributed by atoms with Gasteiger partial charge in [0.1, 0.15) is 17.4 Å². The molecule has 0 saturated carbocycles. The summed E-state index contributed by atoms with van der Waals surface area (Å²) in [5.41, 5.74) is -0.508. The van der Waals surface area contributed by atoms with Crippen molar-refractivity contribution in [1.29, 1.82) is 0 Å². The Labute approximate surface area is 128 Å². The molecule has 0 aliphatic carbocycles. The summed E-state index contributed by atoms with van der Waals surface area (Å²) in [5.74, 6) is -2.66. The number of piperidine rings is 1. The van der Waals surface area contributed by atoms with E-state index in [2.05, 4.69) is 10.6 Å². The highest BCUT2D eigenvalue weighted by Gasteiger charge is 2.28. The monoisotopic (exact) mass is 318 g/mol. The van der Waals surface area contributed by atoms with E-state index >= 15 is 0 Å². The molecule has 1 saturated heterocycles. The van der Waals surface area contributed by atoms with E-state index in [0.29, 0.717) is 0 Å². The van der Waals surface area contributed by atoms with Gasteiger partial charge in [0.15, 0.2) is 11.2 Å². The Morgan fingerprint density at radius 1 is 1.26 bits per heavy atom. The SMILES string of the molecule is O=C1CCC(NC(=O)c2cc(=O)c3cc(F)ccc3o2)C(=O)N1. The molecule has 2 heterocycles. The number of hydrogen-bond acceptors (Lipinski definition) is 5. The van der Waals surface area contributed by atoms with E-state index in [9.17, 15) is 23.6 Å². The van der Waals surface area contributed by atoms with E-state index in [1.807, 2.05) is 0 Å². The number of hydrogen-bond donors (Lipinski definition) is 2. The van der Waals surface area contributed by atoms with Crippen LogP contribution in [-0.4, -0.2) is 23.8 Å². The van der Waals surface area contributed by atoms with E-state index in [1.165, 1.54) is 6.07 Å². The highest BCUT2D eigenvalue weighted by molar-refractivity contribution is 6.03. The fourth-order valence-corrected chi connectivity index (χ4v) is 2.30. The first-order valence-electron chi connectivity index (χ1n) is 6.82. The maximum absolute atomic E-state index is 13.1. The highest BCUT2D eigenvalue weighted by Crippen LogP contribution is 2.14. The van der Waals surface area contributed by atoms with Gasteiger partial charge in [-0.05, 0) is 24.6 Å². The second-order valence-electron chi connectivity index (χ2n) is 5.09. The van der Waals surface area contributed by atoms with Crippen LogP contribution in [0.15, 0.2) is 33.5 Å². The number of carbonyl (C=O) groups is 3. The van der Waals surface area contributed by atoms with Crippen LogP contribution in [0.3, 0.4) is 0 Å². The largest absolute Gasteiger partial charge is 0.451 e. The Hall–Kier alpha value is -3.03. The molecular formula is C15H11FN2O5. The molecule has 1 atom stereocenters. The Morgan fingerprint density at radius 2 is 2.04 bits per heavy atom. The molecule has 0 spiro atoms. The summed E-state index contributed by atoms with van der Waals surface area (Å²) in [6.07, 6.45) is 0.275. The molecule has 3 amide bonds. The predicted octanol–water partition coefficient (Wildman–Crippen LogP) is 0.467. The van der Waals surface area contributed by atoms with Crippen LogP contribution < -0.4 is 16.1 Å². The van der Waals surface area contributed by atoms with Crippen molar-refractivity contribution in [2.75, 3.05) is 0 Å². The van der Waals surface area contributed by atoms with Gasteiger partial charge in [-0.1, -0.05) is 0 Å². The number of amides is 3. The molecule has 2 N–H and O–H groups in total. The van der Waals surface area contributed by atoms with Crippen molar-refractivity contribution in [3.8, 4) is 0 Å². The minimum atomic E-state index is -0.880. The molecule has 0 radical (unpaired) electrons. The lowest BCUT2D eigenvalue weighted by Crippen LogP contribution is -2.52. The molecular weight excluding hydrogens is 307 g/mol. The van der Waals surface area contributed by atoms with Gasteiger partial charge in [0.2, 0.25) is 11.8 Å². The summed E-state index contributed by atoms with van der Waals surface area (Å²) in [7, 11) is 0. The Kier molecular flexibility index (Phi) is 3.65. The number of nitrogens with one attached hydrogen (secondary N) is 2. The zero-order chi connectivity index (χ0) is 16.6. The van der Waals surface area contributed by atoms with Crippen LogP contribution in [0.2, 0.25) is 0 Å². The zero-order valence-electron chi connectivity index (χ0n) is 11.7. The summed E-state index contributed by atoms with van der Waals surface area (Å²) in [6, 6.07) is 3.42. The fourth-order valence-electron chi connectivity index (χ4n) is 2.30. The van der Waals surface area contributed by atoms with Crippen molar-refractivity contribution in [3.63, 3.8) is 0 Å². The van der Waals surface area contributed by atoms with Crippen LogP contribution in [0.5, 0.6) is 0 Å². The Morgan fingerprint density at radius 3 is 2.78 bits per heavy atom. The van der Waals surface area contributed by atoms with Crippen molar-refractivity contribution >= 4 is 28.7 Å². The molecule has 1 aliphatic heterocycles. The number of imide groups is 1. The van der Waals surface area contributed by atoms with E-state index < -0.39 is 35.0 Å². The van der Waals surface area contributed by atoms with E-state index in [0.717, 1.165) is 18.2 Å². The van der Waals surface area contributed by atoms with Gasteiger partial charge in [-0.15, -0.1) is 0 Å². The summed E-state index contributed by atoms with van der Waals surface area (Å²) < 4.78 is 18.4. The second-order valence-corrected chi connectivity index (χ2v) is 5.09. The fraction of sp³-hybridized carbons (Fsp3) is 0.200. The molecule has 118 valence electrons. The van der Waals surface area contributed by atoms with Gasteiger partial charge in [-0.3, -0.25) is 24.5 Å². The molecule has 1 aromatic heterocycles. The molecule has 8 heteroatoms. The first-order valence-corrected chi connectivity index (χ1v) is 6.82. The predicted molar refractivity (Wildman–Crippen MR) is 76.1 cm³/mol. The van der Waals surface area contributed by atoms with Crippen molar-refractivity contribution in [1.82, 2.24) is 10.6 Å². The van der Waals surface area contributed by atoms with E-state index in [4.69, 9.17) is 4.42 Å². The number of fused-ring (bicyclic) bond motifs is 1. The highest BCUT2D eigenvalue weighted by atomic mass is 19.1. The summed E-state index contributed by atoms with van der Waals surface area (Å²) >= 11 is 0. The number of halogens is 1. The average Bonchev–Trinajstić information content (AvgIpc) is 2.50. The summed E-state index contributed by atoms with van der Waals surface area (Å²) in [4.78, 5) is 46.7. The minimum Gasteiger partial charge on any atom is -0.451 e. The second kappa shape index (κ2) is 5.64. The van der Waals surface area contributed by atoms with Crippen LogP contribution in [0.1, 0.15) is 23.4 Å². The topological polar surface area (TPSA) is 105 Å². The van der Waals surface area contributed by atoms with Gasteiger partial charge in [0.05, 0.1) is 5.39 Å².